The standard InChI is InChI=1S/C14H27/c1-11(2)10-12-6-8-13(9-7-12)14(3,4)5/h10-13H,6-9H2,1-5H3. The van der Waals surface area contributed by atoms with Gasteiger partial charge in [0.25, 0.3) is 0 Å². The lowest BCUT2D eigenvalue weighted by molar-refractivity contribution is 0.156. The van der Waals surface area contributed by atoms with E-state index >= 15 is 0 Å². The monoisotopic (exact) mass is 195 g/mol. The smallest absolute Gasteiger partial charge is 0.0329 e. The highest BCUT2D eigenvalue weighted by molar-refractivity contribution is 4.87. The molecule has 1 saturated carbocycles. The van der Waals surface area contributed by atoms with Gasteiger partial charge in [-0.25, -0.2) is 0 Å². The molecule has 0 aromatic carbocycles. The van der Waals surface area contributed by atoms with Gasteiger partial charge >= 0.3 is 0 Å². The molecule has 0 saturated heterocycles. The van der Waals surface area contributed by atoms with Gasteiger partial charge in [-0.3, -0.25) is 0 Å². The van der Waals surface area contributed by atoms with E-state index in [1.807, 2.05) is 0 Å². The normalized spacial score (nSPS) is 29.6. The van der Waals surface area contributed by atoms with Crippen molar-refractivity contribution >= 4 is 0 Å². The minimum absolute atomic E-state index is 0.531. The van der Waals surface area contributed by atoms with Gasteiger partial charge in [-0.05, 0) is 55.3 Å². The first-order valence-electron chi connectivity index (χ1n) is 6.24. The molecule has 0 heteroatoms. The van der Waals surface area contributed by atoms with E-state index in [-0.39, 0.29) is 0 Å². The first-order valence-corrected chi connectivity index (χ1v) is 6.24. The predicted octanol–water partition coefficient (Wildman–Crippen LogP) is 4.70. The zero-order chi connectivity index (χ0) is 10.8. The topological polar surface area (TPSA) is 0 Å². The molecule has 0 unspecified atom stereocenters. The highest BCUT2D eigenvalue weighted by Crippen LogP contribution is 2.40. The van der Waals surface area contributed by atoms with Gasteiger partial charge in [-0.15, -0.1) is 0 Å². The molecule has 1 rings (SSSR count). The second-order valence-electron chi connectivity index (χ2n) is 6.41. The number of hydrogen-bond donors (Lipinski definition) is 0. The summed E-state index contributed by atoms with van der Waals surface area (Å²) in [6.45, 7) is 11.8. The van der Waals surface area contributed by atoms with Crippen molar-refractivity contribution in [3.63, 3.8) is 0 Å². The molecular formula is C14H27. The molecule has 1 radical (unpaired) electrons. The lowest BCUT2D eigenvalue weighted by atomic mass is 9.69. The van der Waals surface area contributed by atoms with Crippen molar-refractivity contribution < 1.29 is 0 Å². The van der Waals surface area contributed by atoms with E-state index in [0.717, 1.165) is 17.8 Å². The highest BCUT2D eigenvalue weighted by atomic mass is 14.3. The van der Waals surface area contributed by atoms with E-state index in [9.17, 15) is 0 Å². The molecule has 1 aliphatic rings. The van der Waals surface area contributed by atoms with Gasteiger partial charge in [0.1, 0.15) is 0 Å². The van der Waals surface area contributed by atoms with Crippen LogP contribution >= 0.6 is 0 Å². The van der Waals surface area contributed by atoms with E-state index in [4.69, 9.17) is 0 Å². The van der Waals surface area contributed by atoms with Crippen LogP contribution in [-0.2, 0) is 0 Å². The number of hydrogen-bond acceptors (Lipinski definition) is 0. The summed E-state index contributed by atoms with van der Waals surface area (Å²) in [6, 6.07) is 0. The Kier molecular flexibility index (Phi) is 4.04. The molecule has 0 nitrogen and oxygen atoms in total. The molecule has 1 aliphatic carbocycles. The van der Waals surface area contributed by atoms with Crippen LogP contribution in [0.1, 0.15) is 60.3 Å². The molecule has 0 amide bonds. The van der Waals surface area contributed by atoms with E-state index < -0.39 is 0 Å². The summed E-state index contributed by atoms with van der Waals surface area (Å²) in [5, 5.41) is 0. The molecule has 0 aromatic rings. The Hall–Kier alpha value is 0. The molecule has 0 heterocycles. The average Bonchev–Trinajstić information content (AvgIpc) is 2.02. The SMILES string of the molecule is CC(C)[CH]C1CCC(C(C)(C)C)CC1. The van der Waals surface area contributed by atoms with Crippen LogP contribution in [0.4, 0.5) is 0 Å². The summed E-state index contributed by atoms with van der Waals surface area (Å²) in [4.78, 5) is 0. The summed E-state index contributed by atoms with van der Waals surface area (Å²) in [7, 11) is 0. The van der Waals surface area contributed by atoms with Gasteiger partial charge in [0, 0.05) is 0 Å². The summed E-state index contributed by atoms with van der Waals surface area (Å²) >= 11 is 0. The quantitative estimate of drug-likeness (QED) is 0.599. The Morgan fingerprint density at radius 1 is 1.00 bits per heavy atom. The number of rotatable bonds is 2. The van der Waals surface area contributed by atoms with Crippen molar-refractivity contribution in [1.29, 1.82) is 0 Å². The van der Waals surface area contributed by atoms with Crippen molar-refractivity contribution in [2.45, 2.75) is 60.3 Å². The maximum absolute atomic E-state index is 2.55. The third-order valence-electron chi connectivity index (χ3n) is 3.65. The molecule has 0 atom stereocenters. The van der Waals surface area contributed by atoms with Gasteiger partial charge < -0.3 is 0 Å². The Labute approximate surface area is 90.5 Å². The predicted molar refractivity (Wildman–Crippen MR) is 64.0 cm³/mol. The van der Waals surface area contributed by atoms with Crippen molar-refractivity contribution in [3.05, 3.63) is 6.42 Å². The average molecular weight is 195 g/mol. The van der Waals surface area contributed by atoms with Crippen LogP contribution in [0.2, 0.25) is 0 Å². The second-order valence-corrected chi connectivity index (χ2v) is 6.41. The zero-order valence-electron chi connectivity index (χ0n) is 10.6. The summed E-state index contributed by atoms with van der Waals surface area (Å²) in [6.07, 6.45) is 8.30. The fraction of sp³-hybridized carbons (Fsp3) is 0.929. The first kappa shape index (κ1) is 12.1. The Bertz CT molecular complexity index is 153. The fourth-order valence-electron chi connectivity index (χ4n) is 2.72. The van der Waals surface area contributed by atoms with Crippen LogP contribution in [0, 0.1) is 29.6 Å². The van der Waals surface area contributed by atoms with Crippen molar-refractivity contribution in [2.24, 2.45) is 23.2 Å². The van der Waals surface area contributed by atoms with Gasteiger partial charge in [0.2, 0.25) is 0 Å². The third kappa shape index (κ3) is 3.63. The first-order chi connectivity index (χ1) is 6.39. The van der Waals surface area contributed by atoms with E-state index in [0.29, 0.717) is 5.41 Å². The van der Waals surface area contributed by atoms with Crippen molar-refractivity contribution in [2.75, 3.05) is 0 Å². The van der Waals surface area contributed by atoms with Gasteiger partial charge in [-0.2, -0.15) is 0 Å². The molecule has 0 spiro atoms. The summed E-state index contributed by atoms with van der Waals surface area (Å²) in [5.74, 6) is 2.64. The van der Waals surface area contributed by atoms with E-state index in [1.165, 1.54) is 25.7 Å². The van der Waals surface area contributed by atoms with Crippen LogP contribution in [0.25, 0.3) is 0 Å². The van der Waals surface area contributed by atoms with Crippen LogP contribution in [0.5, 0.6) is 0 Å². The van der Waals surface area contributed by atoms with Crippen molar-refractivity contribution in [3.8, 4) is 0 Å². The van der Waals surface area contributed by atoms with Crippen molar-refractivity contribution in [1.82, 2.24) is 0 Å². The zero-order valence-corrected chi connectivity index (χ0v) is 10.6. The largest absolute Gasteiger partial charge is 0.0625 e. The molecule has 83 valence electrons. The summed E-state index contributed by atoms with van der Waals surface area (Å²) in [5.41, 5.74) is 0.531. The minimum Gasteiger partial charge on any atom is -0.0625 e. The highest BCUT2D eigenvalue weighted by Gasteiger charge is 2.29. The van der Waals surface area contributed by atoms with E-state index in [1.54, 1.807) is 0 Å². The lowest BCUT2D eigenvalue weighted by Crippen LogP contribution is -2.26. The lowest BCUT2D eigenvalue weighted by Gasteiger charge is -2.37. The van der Waals surface area contributed by atoms with E-state index in [2.05, 4.69) is 41.0 Å². The summed E-state index contributed by atoms with van der Waals surface area (Å²) < 4.78 is 0. The maximum Gasteiger partial charge on any atom is -0.0329 e. The van der Waals surface area contributed by atoms with Gasteiger partial charge in [-0.1, -0.05) is 34.6 Å². The van der Waals surface area contributed by atoms with Gasteiger partial charge in [0.05, 0.1) is 0 Å². The van der Waals surface area contributed by atoms with Crippen LogP contribution in [0.3, 0.4) is 0 Å². The molecule has 14 heavy (non-hydrogen) atoms. The fourth-order valence-corrected chi connectivity index (χ4v) is 2.72. The molecular weight excluding hydrogens is 168 g/mol. The molecule has 1 fully saturated rings. The van der Waals surface area contributed by atoms with Gasteiger partial charge in [0.15, 0.2) is 0 Å². The minimum atomic E-state index is 0.531. The van der Waals surface area contributed by atoms with Crippen LogP contribution in [-0.4, -0.2) is 0 Å². The molecule has 0 aliphatic heterocycles. The molecule has 0 bridgehead atoms. The Morgan fingerprint density at radius 2 is 1.50 bits per heavy atom. The third-order valence-corrected chi connectivity index (χ3v) is 3.65. The molecule has 0 N–H and O–H groups in total. The Balaban J connectivity index is 2.31. The molecule has 0 aromatic heterocycles. The Morgan fingerprint density at radius 3 is 1.86 bits per heavy atom. The maximum atomic E-state index is 2.55. The van der Waals surface area contributed by atoms with Crippen LogP contribution in [0.15, 0.2) is 0 Å². The second kappa shape index (κ2) is 4.68. The van der Waals surface area contributed by atoms with Crippen LogP contribution < -0.4 is 0 Å².